The van der Waals surface area contributed by atoms with Crippen molar-refractivity contribution in [3.8, 4) is 22.9 Å². The van der Waals surface area contributed by atoms with E-state index in [1.54, 1.807) is 18.2 Å². The quantitative estimate of drug-likeness (QED) is 0.194. The van der Waals surface area contributed by atoms with Crippen LogP contribution >= 0.6 is 0 Å². The van der Waals surface area contributed by atoms with Crippen molar-refractivity contribution in [2.45, 2.75) is 51.0 Å². The fourth-order valence-electron chi connectivity index (χ4n) is 7.17. The number of nitrogens with zero attached hydrogens (tertiary/aromatic N) is 8. The van der Waals surface area contributed by atoms with Crippen LogP contribution in [0.1, 0.15) is 56.3 Å². The third-order valence-electron chi connectivity index (χ3n) is 9.87. The first kappa shape index (κ1) is 32.6. The maximum atomic E-state index is 11.5. The van der Waals surface area contributed by atoms with Crippen molar-refractivity contribution in [2.75, 3.05) is 67.5 Å². The van der Waals surface area contributed by atoms with Crippen molar-refractivity contribution in [1.29, 1.82) is 0 Å². The second-order valence-corrected chi connectivity index (χ2v) is 13.4. The fraction of sp³-hybridized carbons (Fsp3) is 0.486. The maximum Gasteiger partial charge on any atom is 0.314 e. The molecule has 7 rings (SSSR count). The zero-order valence-electron chi connectivity index (χ0n) is 27.9. The van der Waals surface area contributed by atoms with E-state index in [1.165, 1.54) is 5.56 Å². The third-order valence-corrected chi connectivity index (χ3v) is 9.87. The standard InChI is InChI=1S/C35H43N9O5/c1-22(2)32(34(46)47)30-17-31(41-49-30)48-15-5-10-42-11-8-23(9-12-42)24-18-37-35(38-19-24)43-13-14-44-25(21-43)20-36-33-28(44)16-27(39-40-33)26-6-3-4-7-29(26)45/h3-4,6-7,16-19,22-23,25,32,45H,5,8-15,20-21H2,1-2H3,(H,36,40)(H,46,47)/t25-,32?/m1/s1. The topological polar surface area (TPSA) is 166 Å². The molecule has 14 nitrogen and oxygen atoms in total. The number of aliphatic carboxylic acids is 1. The van der Waals surface area contributed by atoms with Crippen LogP contribution < -0.4 is 19.9 Å². The molecule has 4 aromatic rings. The monoisotopic (exact) mass is 669 g/mol. The summed E-state index contributed by atoms with van der Waals surface area (Å²) in [6, 6.07) is 11.0. The van der Waals surface area contributed by atoms with E-state index in [2.05, 4.69) is 35.4 Å². The second kappa shape index (κ2) is 14.2. The third kappa shape index (κ3) is 7.09. The van der Waals surface area contributed by atoms with E-state index in [9.17, 15) is 15.0 Å². The normalized spacial score (nSPS) is 18.9. The summed E-state index contributed by atoms with van der Waals surface area (Å²) in [6.45, 7) is 10.3. The number of aromatic hydroxyl groups is 1. The second-order valence-electron chi connectivity index (χ2n) is 13.4. The first-order valence-electron chi connectivity index (χ1n) is 17.1. The Kier molecular flexibility index (Phi) is 9.47. The van der Waals surface area contributed by atoms with Crippen LogP contribution in [0.3, 0.4) is 0 Å². The van der Waals surface area contributed by atoms with Gasteiger partial charge in [-0.1, -0.05) is 26.0 Å². The molecule has 6 heterocycles. The highest BCUT2D eigenvalue weighted by atomic mass is 16.5. The lowest BCUT2D eigenvalue weighted by molar-refractivity contribution is -0.140. The molecule has 3 aromatic heterocycles. The first-order valence-corrected chi connectivity index (χ1v) is 17.1. The minimum absolute atomic E-state index is 0.106. The summed E-state index contributed by atoms with van der Waals surface area (Å²) in [5, 5.41) is 35.9. The molecule has 3 N–H and O–H groups in total. The summed E-state index contributed by atoms with van der Waals surface area (Å²) in [5.74, 6) is 1.04. The van der Waals surface area contributed by atoms with Gasteiger partial charge in [0.1, 0.15) is 11.7 Å². The predicted octanol–water partition coefficient (Wildman–Crippen LogP) is 4.22. The highest BCUT2D eigenvalue weighted by Crippen LogP contribution is 2.36. The van der Waals surface area contributed by atoms with E-state index in [-0.39, 0.29) is 17.7 Å². The predicted molar refractivity (Wildman–Crippen MR) is 183 cm³/mol. The van der Waals surface area contributed by atoms with Gasteiger partial charge in [0.25, 0.3) is 5.88 Å². The van der Waals surface area contributed by atoms with Crippen molar-refractivity contribution in [3.63, 3.8) is 0 Å². The Morgan fingerprint density at radius 3 is 2.63 bits per heavy atom. The number of piperazine rings is 1. The number of likely N-dealkylation sites (tertiary alicyclic amines) is 1. The van der Waals surface area contributed by atoms with Crippen LogP contribution in [0.25, 0.3) is 11.3 Å². The largest absolute Gasteiger partial charge is 0.507 e. The number of hydrogen-bond acceptors (Lipinski definition) is 13. The van der Waals surface area contributed by atoms with Crippen molar-refractivity contribution < 1.29 is 24.3 Å². The van der Waals surface area contributed by atoms with Gasteiger partial charge in [0.2, 0.25) is 5.95 Å². The van der Waals surface area contributed by atoms with Crippen LogP contribution in [0.5, 0.6) is 11.6 Å². The minimum Gasteiger partial charge on any atom is -0.507 e. The number of carboxylic acids is 1. The van der Waals surface area contributed by atoms with Gasteiger partial charge in [0, 0.05) is 56.7 Å². The molecule has 3 aliphatic rings. The average molecular weight is 670 g/mol. The highest BCUT2D eigenvalue weighted by molar-refractivity contribution is 5.77. The Labute approximate surface area is 285 Å². The molecule has 0 amide bonds. The van der Waals surface area contributed by atoms with Crippen LogP contribution in [-0.4, -0.2) is 105 Å². The number of fused-ring (bicyclic) bond motifs is 3. The van der Waals surface area contributed by atoms with E-state index < -0.39 is 11.9 Å². The number of rotatable bonds is 11. The zero-order chi connectivity index (χ0) is 33.9. The molecule has 0 bridgehead atoms. The van der Waals surface area contributed by atoms with E-state index in [1.807, 2.05) is 44.4 Å². The van der Waals surface area contributed by atoms with Gasteiger partial charge in [-0.3, -0.25) is 4.79 Å². The van der Waals surface area contributed by atoms with Gasteiger partial charge >= 0.3 is 5.97 Å². The number of nitrogens with one attached hydrogen (secondary N) is 1. The number of benzene rings is 1. The first-order chi connectivity index (χ1) is 23.8. The van der Waals surface area contributed by atoms with Gasteiger partial charge in [-0.15, -0.1) is 10.2 Å². The van der Waals surface area contributed by atoms with E-state index >= 15 is 0 Å². The van der Waals surface area contributed by atoms with Crippen molar-refractivity contribution >= 4 is 23.4 Å². The summed E-state index contributed by atoms with van der Waals surface area (Å²) in [5.41, 5.74) is 3.51. The van der Waals surface area contributed by atoms with Gasteiger partial charge in [0.15, 0.2) is 11.6 Å². The Bertz CT molecular complexity index is 1740. The van der Waals surface area contributed by atoms with Crippen LogP contribution in [0.4, 0.5) is 17.5 Å². The van der Waals surface area contributed by atoms with Gasteiger partial charge < -0.3 is 39.5 Å². The molecular weight excluding hydrogens is 626 g/mol. The van der Waals surface area contributed by atoms with Gasteiger partial charge in [-0.2, -0.15) is 0 Å². The smallest absolute Gasteiger partial charge is 0.314 e. The number of para-hydroxylation sites is 1. The summed E-state index contributed by atoms with van der Waals surface area (Å²) in [6.07, 6.45) is 6.97. The summed E-state index contributed by atoms with van der Waals surface area (Å²) in [7, 11) is 0. The van der Waals surface area contributed by atoms with E-state index in [0.717, 1.165) is 82.5 Å². The van der Waals surface area contributed by atoms with Crippen LogP contribution in [-0.2, 0) is 4.79 Å². The number of ether oxygens (including phenoxy) is 1. The summed E-state index contributed by atoms with van der Waals surface area (Å²) in [4.78, 5) is 28.3. The van der Waals surface area contributed by atoms with E-state index in [4.69, 9.17) is 19.2 Å². The number of piperidine rings is 1. The van der Waals surface area contributed by atoms with Crippen molar-refractivity contribution in [1.82, 2.24) is 30.2 Å². The molecule has 0 aliphatic carbocycles. The lowest BCUT2D eigenvalue weighted by atomic mass is 9.91. The number of aromatic nitrogens is 5. The summed E-state index contributed by atoms with van der Waals surface area (Å²) < 4.78 is 11.0. The molecule has 1 unspecified atom stereocenters. The van der Waals surface area contributed by atoms with Gasteiger partial charge in [-0.25, -0.2) is 9.97 Å². The van der Waals surface area contributed by atoms with Crippen LogP contribution in [0, 0.1) is 5.92 Å². The van der Waals surface area contributed by atoms with Crippen molar-refractivity contribution in [2.24, 2.45) is 5.92 Å². The van der Waals surface area contributed by atoms with E-state index in [0.29, 0.717) is 35.4 Å². The number of phenolic OH excluding ortho intramolecular Hbond substituents is 1. The lowest BCUT2D eigenvalue weighted by Crippen LogP contribution is -2.58. The highest BCUT2D eigenvalue weighted by Gasteiger charge is 2.34. The minimum atomic E-state index is -0.926. The molecule has 0 spiro atoms. The molecule has 3 aliphatic heterocycles. The van der Waals surface area contributed by atoms with Crippen LogP contribution in [0.15, 0.2) is 53.3 Å². The SMILES string of the molecule is CC(C)C(C(=O)O)c1cc(OCCCN2CCC(c3cnc(N4CCN5c6cc(-c7ccccc7O)nnc6NC[C@@H]5C4)nc3)CC2)no1. The molecule has 0 saturated carbocycles. The maximum absolute atomic E-state index is 11.5. The van der Waals surface area contributed by atoms with Gasteiger partial charge in [-0.05, 0) is 73.1 Å². The molecule has 0 radical (unpaired) electrons. The lowest BCUT2D eigenvalue weighted by Gasteiger charge is -2.45. The Balaban J connectivity index is 0.869. The number of anilines is 3. The molecule has 2 saturated heterocycles. The molecule has 14 heteroatoms. The zero-order valence-corrected chi connectivity index (χ0v) is 27.9. The number of carboxylic acid groups (broad SMARTS) is 1. The Morgan fingerprint density at radius 1 is 1.08 bits per heavy atom. The van der Waals surface area contributed by atoms with Gasteiger partial charge in [0.05, 0.1) is 24.0 Å². The average Bonchev–Trinajstić information content (AvgIpc) is 3.57. The number of phenols is 1. The molecule has 2 atom stereocenters. The number of carbonyl (C=O) groups is 1. The van der Waals surface area contributed by atoms with Crippen molar-refractivity contribution in [3.05, 3.63) is 60.1 Å². The molecule has 1 aromatic carbocycles. The molecule has 258 valence electrons. The Hall–Kier alpha value is -4.98. The fourth-order valence-corrected chi connectivity index (χ4v) is 7.17. The van der Waals surface area contributed by atoms with Crippen LogP contribution in [0.2, 0.25) is 0 Å². The Morgan fingerprint density at radius 2 is 1.88 bits per heavy atom. The molecule has 49 heavy (non-hydrogen) atoms. The molecular formula is C35H43N9O5. The summed E-state index contributed by atoms with van der Waals surface area (Å²) >= 11 is 0. The number of hydrogen-bond donors (Lipinski definition) is 3. The molecule has 2 fully saturated rings.